The fourth-order valence-corrected chi connectivity index (χ4v) is 4.49. The lowest BCUT2D eigenvalue weighted by Crippen LogP contribution is -2.15. The number of sulfone groups is 1. The first-order chi connectivity index (χ1) is 16.4. The molecular formula is C25H21F3N2O4S. The molecule has 0 aliphatic carbocycles. The van der Waals surface area contributed by atoms with Gasteiger partial charge in [0, 0.05) is 16.8 Å². The first-order valence-corrected chi connectivity index (χ1v) is 12.3. The summed E-state index contributed by atoms with van der Waals surface area (Å²) in [5, 5.41) is 2.64. The number of nitrogens with one attached hydrogen (secondary N) is 1. The number of carbonyl (C=O) groups excluding carboxylic acids is 1. The van der Waals surface area contributed by atoms with Crippen LogP contribution in [0.25, 0.3) is 22.6 Å². The van der Waals surface area contributed by atoms with E-state index >= 15 is 0 Å². The van der Waals surface area contributed by atoms with E-state index in [9.17, 15) is 26.4 Å². The minimum absolute atomic E-state index is 0.0320. The van der Waals surface area contributed by atoms with Gasteiger partial charge in [-0.25, -0.2) is 13.4 Å². The predicted molar refractivity (Wildman–Crippen MR) is 126 cm³/mol. The maximum absolute atomic E-state index is 13.2. The smallest absolute Gasteiger partial charge is 0.416 e. The Bertz CT molecular complexity index is 1560. The van der Waals surface area contributed by atoms with Crippen LogP contribution in [0.3, 0.4) is 0 Å². The molecule has 0 unspecified atom stereocenters. The minimum Gasteiger partial charge on any atom is -0.436 e. The van der Waals surface area contributed by atoms with E-state index in [4.69, 9.17) is 4.42 Å². The summed E-state index contributed by atoms with van der Waals surface area (Å²) in [6.45, 7) is 4.62. The van der Waals surface area contributed by atoms with E-state index in [-0.39, 0.29) is 27.7 Å². The fourth-order valence-electron chi connectivity index (χ4n) is 3.59. The molecule has 1 aromatic heterocycles. The molecule has 0 fully saturated rings. The van der Waals surface area contributed by atoms with Crippen LogP contribution in [0.15, 0.2) is 63.9 Å². The number of hydrogen-bond acceptors (Lipinski definition) is 5. The van der Waals surface area contributed by atoms with E-state index in [1.54, 1.807) is 38.1 Å². The average molecular weight is 503 g/mol. The molecule has 0 aliphatic rings. The Morgan fingerprint density at radius 3 is 2.40 bits per heavy atom. The standard InChI is InChI=1S/C25H21F3N2O4S/c1-4-35(32,33)18-8-10-22-21(13-18)30-24(34-22)17-7-9-20(15(3)11-17)29-23(31)16-6-5-14(2)19(12-16)25(26,27)28/h5-13H,4H2,1-3H3,(H,29,31). The van der Waals surface area contributed by atoms with Gasteiger partial charge in [0.1, 0.15) is 5.52 Å². The van der Waals surface area contributed by atoms with Gasteiger partial charge in [0.2, 0.25) is 5.89 Å². The summed E-state index contributed by atoms with van der Waals surface area (Å²) >= 11 is 0. The molecule has 0 radical (unpaired) electrons. The van der Waals surface area contributed by atoms with E-state index in [1.807, 2.05) is 0 Å². The van der Waals surface area contributed by atoms with Gasteiger partial charge >= 0.3 is 6.18 Å². The van der Waals surface area contributed by atoms with Crippen molar-refractivity contribution in [3.63, 3.8) is 0 Å². The summed E-state index contributed by atoms with van der Waals surface area (Å²) in [6.07, 6.45) is -4.56. The number of aryl methyl sites for hydroxylation is 2. The molecule has 0 aliphatic heterocycles. The van der Waals surface area contributed by atoms with Crippen molar-refractivity contribution in [1.29, 1.82) is 0 Å². The highest BCUT2D eigenvalue weighted by molar-refractivity contribution is 7.91. The van der Waals surface area contributed by atoms with Gasteiger partial charge in [-0.1, -0.05) is 13.0 Å². The molecule has 35 heavy (non-hydrogen) atoms. The van der Waals surface area contributed by atoms with Gasteiger partial charge in [-0.05, 0) is 73.5 Å². The molecule has 4 rings (SSSR count). The quantitative estimate of drug-likeness (QED) is 0.352. The zero-order chi connectivity index (χ0) is 25.5. The lowest BCUT2D eigenvalue weighted by atomic mass is 10.0. The third-order valence-electron chi connectivity index (χ3n) is 5.62. The maximum Gasteiger partial charge on any atom is 0.416 e. The molecule has 0 spiro atoms. The zero-order valence-electron chi connectivity index (χ0n) is 19.0. The summed E-state index contributed by atoms with van der Waals surface area (Å²) in [5.41, 5.74) is 1.52. The van der Waals surface area contributed by atoms with Crippen molar-refractivity contribution in [1.82, 2.24) is 4.98 Å². The van der Waals surface area contributed by atoms with Crippen LogP contribution in [-0.4, -0.2) is 25.1 Å². The molecule has 1 N–H and O–H groups in total. The van der Waals surface area contributed by atoms with Crippen molar-refractivity contribution in [2.75, 3.05) is 11.1 Å². The Morgan fingerprint density at radius 1 is 1.00 bits per heavy atom. The van der Waals surface area contributed by atoms with Crippen molar-refractivity contribution >= 4 is 32.5 Å². The Hall–Kier alpha value is -3.66. The van der Waals surface area contributed by atoms with Crippen molar-refractivity contribution in [2.45, 2.75) is 31.8 Å². The molecule has 10 heteroatoms. The Morgan fingerprint density at radius 2 is 1.74 bits per heavy atom. The summed E-state index contributed by atoms with van der Waals surface area (Å²) < 4.78 is 69.6. The molecular weight excluding hydrogens is 481 g/mol. The van der Waals surface area contributed by atoms with Crippen LogP contribution in [0, 0.1) is 13.8 Å². The van der Waals surface area contributed by atoms with Gasteiger partial charge in [0.05, 0.1) is 16.2 Å². The predicted octanol–water partition coefficient (Wildman–Crippen LogP) is 6.18. The van der Waals surface area contributed by atoms with Crippen LogP contribution in [0.4, 0.5) is 18.9 Å². The van der Waals surface area contributed by atoms with Gasteiger partial charge < -0.3 is 9.73 Å². The molecule has 0 saturated carbocycles. The van der Waals surface area contributed by atoms with Crippen molar-refractivity contribution in [2.24, 2.45) is 0 Å². The molecule has 6 nitrogen and oxygen atoms in total. The number of aromatic nitrogens is 1. The number of carbonyl (C=O) groups is 1. The second kappa shape index (κ2) is 8.84. The van der Waals surface area contributed by atoms with E-state index in [0.29, 0.717) is 27.9 Å². The molecule has 1 amide bonds. The SMILES string of the molecule is CCS(=O)(=O)c1ccc2oc(-c3ccc(NC(=O)c4ccc(C)c(C(F)(F)F)c4)c(C)c3)nc2c1. The molecule has 0 atom stereocenters. The molecule has 182 valence electrons. The number of rotatable bonds is 5. The van der Waals surface area contributed by atoms with Gasteiger partial charge in [-0.15, -0.1) is 0 Å². The number of benzene rings is 3. The average Bonchev–Trinajstić information content (AvgIpc) is 3.23. The lowest BCUT2D eigenvalue weighted by molar-refractivity contribution is -0.138. The fraction of sp³-hybridized carbons (Fsp3) is 0.200. The number of nitrogens with zero attached hydrogens (tertiary/aromatic N) is 1. The monoisotopic (exact) mass is 502 g/mol. The number of hydrogen-bond donors (Lipinski definition) is 1. The van der Waals surface area contributed by atoms with Gasteiger partial charge in [-0.3, -0.25) is 4.79 Å². The van der Waals surface area contributed by atoms with Crippen molar-refractivity contribution in [3.8, 4) is 11.5 Å². The molecule has 1 heterocycles. The largest absolute Gasteiger partial charge is 0.436 e. The van der Waals surface area contributed by atoms with E-state index in [0.717, 1.165) is 6.07 Å². The number of anilines is 1. The normalized spacial score (nSPS) is 12.2. The molecule has 0 bridgehead atoms. The third-order valence-corrected chi connectivity index (χ3v) is 7.36. The minimum atomic E-state index is -4.56. The number of fused-ring (bicyclic) bond motifs is 1. The van der Waals surface area contributed by atoms with Gasteiger partial charge in [-0.2, -0.15) is 13.2 Å². The van der Waals surface area contributed by atoms with Crippen LogP contribution in [0.2, 0.25) is 0 Å². The van der Waals surface area contributed by atoms with Crippen LogP contribution in [0.1, 0.15) is 34.0 Å². The summed E-state index contributed by atoms with van der Waals surface area (Å²) in [7, 11) is -3.39. The highest BCUT2D eigenvalue weighted by Gasteiger charge is 2.33. The zero-order valence-corrected chi connectivity index (χ0v) is 19.8. The summed E-state index contributed by atoms with van der Waals surface area (Å²) in [6, 6.07) is 12.9. The third kappa shape index (κ3) is 4.93. The van der Waals surface area contributed by atoms with E-state index in [2.05, 4.69) is 10.3 Å². The van der Waals surface area contributed by atoms with Gasteiger partial charge in [0.15, 0.2) is 15.4 Å². The van der Waals surface area contributed by atoms with Crippen LogP contribution >= 0.6 is 0 Å². The summed E-state index contributed by atoms with van der Waals surface area (Å²) in [4.78, 5) is 17.2. The van der Waals surface area contributed by atoms with Crippen LogP contribution < -0.4 is 5.32 Å². The highest BCUT2D eigenvalue weighted by Crippen LogP contribution is 2.33. The van der Waals surface area contributed by atoms with Crippen molar-refractivity contribution in [3.05, 3.63) is 76.9 Å². The number of oxazole rings is 1. The number of amides is 1. The van der Waals surface area contributed by atoms with Crippen molar-refractivity contribution < 1.29 is 30.8 Å². The number of halogens is 3. The molecule has 3 aromatic carbocycles. The Labute approximate surface area is 199 Å². The first kappa shape index (κ1) is 24.5. The van der Waals surface area contributed by atoms with Gasteiger partial charge in [0.25, 0.3) is 5.91 Å². The van der Waals surface area contributed by atoms with Crippen LogP contribution in [-0.2, 0) is 16.0 Å². The second-order valence-corrected chi connectivity index (χ2v) is 10.3. The van der Waals surface area contributed by atoms with E-state index < -0.39 is 27.5 Å². The lowest BCUT2D eigenvalue weighted by Gasteiger charge is -2.13. The Balaban J connectivity index is 1.60. The Kier molecular flexibility index (Phi) is 6.18. The number of alkyl halides is 3. The van der Waals surface area contributed by atoms with Crippen LogP contribution in [0.5, 0.6) is 0 Å². The maximum atomic E-state index is 13.2. The first-order valence-electron chi connectivity index (χ1n) is 10.6. The highest BCUT2D eigenvalue weighted by atomic mass is 32.2. The van der Waals surface area contributed by atoms with E-state index in [1.165, 1.54) is 31.2 Å². The summed E-state index contributed by atoms with van der Waals surface area (Å²) in [5.74, 6) is -0.436. The topological polar surface area (TPSA) is 89.3 Å². The molecule has 4 aromatic rings. The molecule has 0 saturated heterocycles. The second-order valence-electron chi connectivity index (χ2n) is 8.06.